The molecule has 1 N–H and O–H groups in total. The Morgan fingerprint density at radius 2 is 1.89 bits per heavy atom. The van der Waals surface area contributed by atoms with Crippen LogP contribution in [0.4, 0.5) is 4.79 Å². The Balaban J connectivity index is 1.59. The first-order valence-electron chi connectivity index (χ1n) is 12.1. The van der Waals surface area contributed by atoms with Crippen molar-refractivity contribution in [1.82, 2.24) is 20.0 Å². The van der Waals surface area contributed by atoms with Crippen LogP contribution in [0.3, 0.4) is 0 Å². The molecule has 1 aliphatic rings. The summed E-state index contributed by atoms with van der Waals surface area (Å²) in [5.41, 5.74) is 4.30. The van der Waals surface area contributed by atoms with E-state index in [1.807, 2.05) is 49.0 Å². The van der Waals surface area contributed by atoms with Crippen molar-refractivity contribution < 1.29 is 14.3 Å². The number of piperidine rings is 1. The smallest absolute Gasteiger partial charge is 0.410 e. The summed E-state index contributed by atoms with van der Waals surface area (Å²) in [4.78, 5) is 28.7. The van der Waals surface area contributed by atoms with E-state index in [0.717, 1.165) is 29.1 Å². The lowest BCUT2D eigenvalue weighted by Crippen LogP contribution is -2.41. The second-order valence-corrected chi connectivity index (χ2v) is 11.2. The van der Waals surface area contributed by atoms with Gasteiger partial charge in [0.1, 0.15) is 5.60 Å². The molecule has 0 saturated carbocycles. The van der Waals surface area contributed by atoms with Crippen molar-refractivity contribution in [3.05, 3.63) is 69.2 Å². The Morgan fingerprint density at radius 3 is 2.51 bits per heavy atom. The lowest BCUT2D eigenvalue weighted by Gasteiger charge is -2.34. The quantitative estimate of drug-likeness (QED) is 0.501. The first kappa shape index (κ1) is 25.0. The molecule has 186 valence electrons. The maximum atomic E-state index is 13.3. The maximum absolute atomic E-state index is 13.3. The van der Waals surface area contributed by atoms with Crippen LogP contribution in [0.2, 0.25) is 0 Å². The topological polar surface area (TPSA) is 76.5 Å². The number of carbonyl (C=O) groups is 2. The fraction of sp³-hybridized carbons (Fsp3) is 0.444. The molecule has 7 nitrogen and oxygen atoms in total. The summed E-state index contributed by atoms with van der Waals surface area (Å²) >= 11 is 1.62. The molecule has 0 bridgehead atoms. The minimum absolute atomic E-state index is 0.0975. The molecule has 0 atom stereocenters. The molecule has 8 heteroatoms. The number of nitrogens with one attached hydrogen (secondary N) is 1. The third kappa shape index (κ3) is 5.93. The highest BCUT2D eigenvalue weighted by atomic mass is 32.1. The van der Waals surface area contributed by atoms with Crippen molar-refractivity contribution in [2.75, 3.05) is 13.1 Å². The molecule has 1 aliphatic heterocycles. The number of nitrogens with zero attached hydrogens (tertiary/aromatic N) is 3. The lowest BCUT2D eigenvalue weighted by molar-refractivity contribution is 0.0203. The maximum Gasteiger partial charge on any atom is 0.410 e. The number of carbonyl (C=O) groups excluding carboxylic acids is 2. The van der Waals surface area contributed by atoms with Crippen LogP contribution in [0, 0.1) is 13.8 Å². The van der Waals surface area contributed by atoms with Crippen LogP contribution in [-0.4, -0.2) is 45.4 Å². The van der Waals surface area contributed by atoms with Gasteiger partial charge < -0.3 is 15.0 Å². The summed E-state index contributed by atoms with van der Waals surface area (Å²) in [6.07, 6.45) is 2.86. The van der Waals surface area contributed by atoms with Crippen molar-refractivity contribution >= 4 is 23.3 Å². The highest BCUT2D eigenvalue weighted by Crippen LogP contribution is 2.33. The first-order chi connectivity index (χ1) is 16.6. The van der Waals surface area contributed by atoms with Crippen LogP contribution in [0.15, 0.2) is 41.9 Å². The summed E-state index contributed by atoms with van der Waals surface area (Å²) in [6, 6.07) is 10.2. The molecule has 1 fully saturated rings. The van der Waals surface area contributed by atoms with Gasteiger partial charge in [-0.2, -0.15) is 5.10 Å². The van der Waals surface area contributed by atoms with Crippen molar-refractivity contribution in [1.29, 1.82) is 0 Å². The summed E-state index contributed by atoms with van der Waals surface area (Å²) in [6.45, 7) is 11.4. The van der Waals surface area contributed by atoms with E-state index in [4.69, 9.17) is 4.74 Å². The van der Waals surface area contributed by atoms with Crippen molar-refractivity contribution in [2.45, 2.75) is 65.5 Å². The largest absolute Gasteiger partial charge is 0.444 e. The van der Waals surface area contributed by atoms with E-state index in [0.29, 0.717) is 25.2 Å². The SMILES string of the molecule is Cc1ccc(-n2ncc(C(=O)NCc3cccs3)c2C2CCN(C(=O)OC(C)(C)C)CC2)cc1C. The Morgan fingerprint density at radius 1 is 1.14 bits per heavy atom. The van der Waals surface area contributed by atoms with Crippen LogP contribution < -0.4 is 5.32 Å². The Hall–Kier alpha value is -3.13. The molecule has 0 unspecified atom stereocenters. The number of ether oxygens (including phenoxy) is 1. The highest BCUT2D eigenvalue weighted by molar-refractivity contribution is 7.09. The Bertz CT molecular complexity index is 1190. The van der Waals surface area contributed by atoms with Crippen LogP contribution in [-0.2, 0) is 11.3 Å². The molecular weight excluding hydrogens is 460 g/mol. The summed E-state index contributed by atoms with van der Waals surface area (Å²) in [5, 5.41) is 9.71. The average molecular weight is 495 g/mol. The number of hydrogen-bond acceptors (Lipinski definition) is 5. The zero-order chi connectivity index (χ0) is 25.2. The van der Waals surface area contributed by atoms with Gasteiger partial charge in [0.15, 0.2) is 0 Å². The predicted octanol–water partition coefficient (Wildman–Crippen LogP) is 5.60. The summed E-state index contributed by atoms with van der Waals surface area (Å²) in [7, 11) is 0. The van der Waals surface area contributed by atoms with E-state index in [2.05, 4.69) is 36.4 Å². The second-order valence-electron chi connectivity index (χ2n) is 10.1. The van der Waals surface area contributed by atoms with Crippen molar-refractivity contribution in [3.63, 3.8) is 0 Å². The minimum atomic E-state index is -0.524. The zero-order valence-electron chi connectivity index (χ0n) is 21.1. The van der Waals surface area contributed by atoms with Gasteiger partial charge in [-0.15, -0.1) is 11.3 Å². The van der Waals surface area contributed by atoms with Gasteiger partial charge in [0.05, 0.1) is 29.7 Å². The van der Waals surface area contributed by atoms with Crippen LogP contribution in [0.25, 0.3) is 5.69 Å². The third-order valence-corrected chi connectivity index (χ3v) is 7.20. The number of likely N-dealkylation sites (tertiary alicyclic amines) is 1. The van der Waals surface area contributed by atoms with Gasteiger partial charge in [0.2, 0.25) is 0 Å². The van der Waals surface area contributed by atoms with Gasteiger partial charge in [-0.05, 0) is 82.2 Å². The predicted molar refractivity (Wildman–Crippen MR) is 138 cm³/mol. The molecule has 3 heterocycles. The monoisotopic (exact) mass is 494 g/mol. The van der Waals surface area contributed by atoms with E-state index in [-0.39, 0.29) is 17.9 Å². The van der Waals surface area contributed by atoms with E-state index in [1.54, 1.807) is 22.4 Å². The van der Waals surface area contributed by atoms with Gasteiger partial charge in [0, 0.05) is 23.9 Å². The van der Waals surface area contributed by atoms with E-state index < -0.39 is 5.60 Å². The number of amides is 2. The van der Waals surface area contributed by atoms with Gasteiger partial charge in [-0.25, -0.2) is 9.48 Å². The Kier molecular flexibility index (Phi) is 7.31. The van der Waals surface area contributed by atoms with Crippen LogP contribution in [0.1, 0.15) is 71.6 Å². The zero-order valence-corrected chi connectivity index (χ0v) is 21.9. The molecule has 0 spiro atoms. The molecule has 35 heavy (non-hydrogen) atoms. The number of aromatic nitrogens is 2. The fourth-order valence-corrected chi connectivity index (χ4v) is 4.97. The van der Waals surface area contributed by atoms with Gasteiger partial charge in [0.25, 0.3) is 5.91 Å². The molecule has 1 saturated heterocycles. The molecular formula is C27H34N4O3S. The van der Waals surface area contributed by atoms with Gasteiger partial charge in [-0.3, -0.25) is 4.79 Å². The van der Waals surface area contributed by atoms with Crippen LogP contribution >= 0.6 is 11.3 Å². The molecule has 3 aromatic rings. The number of hydrogen-bond donors (Lipinski definition) is 1. The van der Waals surface area contributed by atoms with Crippen LogP contribution in [0.5, 0.6) is 0 Å². The first-order valence-corrected chi connectivity index (χ1v) is 12.9. The molecule has 0 radical (unpaired) electrons. The standard InChI is InChI=1S/C27H34N4O3S/c1-18-8-9-21(15-19(18)2)31-24(20-10-12-30(13-11-20)26(33)34-27(3,4)5)23(17-29-31)25(32)28-16-22-7-6-14-35-22/h6-9,14-15,17,20H,10-13,16H2,1-5H3,(H,28,32). The molecule has 2 aromatic heterocycles. The highest BCUT2D eigenvalue weighted by Gasteiger charge is 2.32. The number of aryl methyl sites for hydroxylation is 2. The van der Waals surface area contributed by atoms with Crippen molar-refractivity contribution in [3.8, 4) is 5.69 Å². The summed E-state index contributed by atoms with van der Waals surface area (Å²) < 4.78 is 7.46. The molecule has 0 aliphatic carbocycles. The normalized spacial score (nSPS) is 14.7. The third-order valence-electron chi connectivity index (χ3n) is 6.32. The van der Waals surface area contributed by atoms with Gasteiger partial charge in [-0.1, -0.05) is 12.1 Å². The van der Waals surface area contributed by atoms with E-state index >= 15 is 0 Å². The van der Waals surface area contributed by atoms with Gasteiger partial charge >= 0.3 is 6.09 Å². The number of benzene rings is 1. The lowest BCUT2D eigenvalue weighted by atomic mass is 9.90. The molecule has 4 rings (SSSR count). The van der Waals surface area contributed by atoms with E-state index in [1.165, 1.54) is 11.1 Å². The van der Waals surface area contributed by atoms with E-state index in [9.17, 15) is 9.59 Å². The van der Waals surface area contributed by atoms with Crippen molar-refractivity contribution in [2.24, 2.45) is 0 Å². The molecule has 1 aromatic carbocycles. The summed E-state index contributed by atoms with van der Waals surface area (Å²) in [5.74, 6) is -0.0293. The fourth-order valence-electron chi connectivity index (χ4n) is 4.33. The number of thiophene rings is 1. The number of rotatable bonds is 5. The Labute approximate surface area is 211 Å². The minimum Gasteiger partial charge on any atom is -0.444 e. The second kappa shape index (κ2) is 10.2. The average Bonchev–Trinajstić information content (AvgIpc) is 3.48. The molecule has 2 amide bonds.